The number of rotatable bonds is 4. The average Bonchev–Trinajstić information content (AvgIpc) is 4.02. The number of hydrogen-bond acceptors (Lipinski definition) is 2. The van der Waals surface area contributed by atoms with Crippen molar-refractivity contribution in [2.45, 2.75) is 51.6 Å². The summed E-state index contributed by atoms with van der Waals surface area (Å²) in [5.41, 5.74) is 14.6. The third-order valence-electron chi connectivity index (χ3n) is 9.90. The second kappa shape index (κ2) is 18.0. The molecular weight excluding hydrogens is 807 g/mol. The van der Waals surface area contributed by atoms with E-state index in [-0.39, 0.29) is 0 Å². The zero-order valence-electron chi connectivity index (χ0n) is 29.5. The van der Waals surface area contributed by atoms with Crippen molar-refractivity contribution in [1.82, 2.24) is 0 Å². The molecule has 2 heterocycles. The monoisotopic (exact) mass is 844 g/mol. The third kappa shape index (κ3) is 8.14. The van der Waals surface area contributed by atoms with Crippen LogP contribution in [0.2, 0.25) is 13.1 Å². The van der Waals surface area contributed by atoms with Gasteiger partial charge in [-0.15, -0.1) is 69.1 Å². The van der Waals surface area contributed by atoms with Gasteiger partial charge < -0.3 is 0 Å². The van der Waals surface area contributed by atoms with Crippen LogP contribution in [0.25, 0.3) is 64.7 Å². The van der Waals surface area contributed by atoms with Gasteiger partial charge in [0.15, 0.2) is 0 Å². The molecule has 8 aromatic rings. The van der Waals surface area contributed by atoms with Gasteiger partial charge in [0.05, 0.1) is 0 Å². The van der Waals surface area contributed by atoms with Gasteiger partial charge in [0.25, 0.3) is 0 Å². The fourth-order valence-corrected chi connectivity index (χ4v) is 9.32. The zero-order valence-corrected chi connectivity index (χ0v) is 36.1. The summed E-state index contributed by atoms with van der Waals surface area (Å²) in [5.74, 6) is 0. The van der Waals surface area contributed by atoms with Crippen molar-refractivity contribution in [1.29, 1.82) is 0 Å². The Morgan fingerprint density at radius 3 is 1.33 bits per heavy atom. The summed E-state index contributed by atoms with van der Waals surface area (Å²) in [4.78, 5) is 2.72. The largest absolute Gasteiger partial charge is 0.185 e. The second-order valence-electron chi connectivity index (χ2n) is 13.2. The van der Waals surface area contributed by atoms with E-state index >= 15 is 0 Å². The van der Waals surface area contributed by atoms with Gasteiger partial charge in [0.2, 0.25) is 0 Å². The van der Waals surface area contributed by atoms with E-state index in [9.17, 15) is 0 Å². The maximum absolute atomic E-state index is 4.93. The molecule has 0 saturated heterocycles. The molecule has 0 amide bonds. The number of aryl methyl sites for hydroxylation is 2. The van der Waals surface area contributed by atoms with E-state index in [2.05, 4.69) is 145 Å². The molecule has 0 spiro atoms. The molecule has 0 aliphatic heterocycles. The number of halogens is 2. The van der Waals surface area contributed by atoms with E-state index < -0.39 is 20.8 Å². The molecule has 2 aromatic heterocycles. The first-order valence-corrected chi connectivity index (χ1v) is 28.0. The molecule has 0 fully saturated rings. The minimum atomic E-state index is -0.826. The van der Waals surface area contributed by atoms with Gasteiger partial charge in [-0.3, -0.25) is 0 Å². The van der Waals surface area contributed by atoms with Crippen LogP contribution in [0.1, 0.15) is 35.1 Å². The SMILES string of the molecule is C[Si]C.[Cl][Zr+2][Cl].c1ccc(-c2c3c(cc4[cH-]c(-c5cccs5)cc24)CCC3)cc1.c1ccc(-c2c3c(cc4[cH-]c(-c5cccs5)cc24)CCC3)cc1. The van der Waals surface area contributed by atoms with Crippen LogP contribution in [-0.2, 0) is 46.5 Å². The summed E-state index contributed by atoms with van der Waals surface area (Å²) in [6.45, 7) is 4.31. The maximum atomic E-state index is 4.93. The summed E-state index contributed by atoms with van der Waals surface area (Å²) in [6, 6.07) is 44.9. The summed E-state index contributed by atoms with van der Waals surface area (Å²) >= 11 is 2.82. The number of fused-ring (bicyclic) bond motifs is 4. The van der Waals surface area contributed by atoms with Crippen molar-refractivity contribution in [3.63, 3.8) is 0 Å². The summed E-state index contributed by atoms with van der Waals surface area (Å²) in [5, 5.41) is 9.94. The Morgan fingerprint density at radius 2 is 0.962 bits per heavy atom. The zero-order chi connectivity index (χ0) is 35.9. The molecule has 52 heavy (non-hydrogen) atoms. The van der Waals surface area contributed by atoms with Crippen LogP contribution in [0.4, 0.5) is 0 Å². The Kier molecular flexibility index (Phi) is 13.0. The molecule has 2 aliphatic carbocycles. The molecule has 0 N–H and O–H groups in total. The molecule has 6 heteroatoms. The molecule has 0 atom stereocenters. The number of hydrogen-bond donors (Lipinski definition) is 0. The molecule has 0 saturated carbocycles. The molecule has 0 unspecified atom stereocenters. The first-order chi connectivity index (χ1) is 25.6. The summed E-state index contributed by atoms with van der Waals surface area (Å²) < 4.78 is 0. The van der Waals surface area contributed by atoms with Gasteiger partial charge in [-0.25, -0.2) is 0 Å². The predicted molar refractivity (Wildman–Crippen MR) is 230 cm³/mol. The Labute approximate surface area is 337 Å². The molecule has 6 aromatic carbocycles. The first-order valence-electron chi connectivity index (χ1n) is 17.9. The van der Waals surface area contributed by atoms with Gasteiger partial charge >= 0.3 is 37.9 Å². The van der Waals surface area contributed by atoms with Crippen molar-refractivity contribution < 1.29 is 20.8 Å². The molecule has 0 bridgehead atoms. The first kappa shape index (κ1) is 37.5. The van der Waals surface area contributed by atoms with Crippen LogP contribution in [-0.4, -0.2) is 9.52 Å². The Morgan fingerprint density at radius 1 is 0.558 bits per heavy atom. The minimum Gasteiger partial charge on any atom is -0.185 e. The molecule has 2 aliphatic rings. The quantitative estimate of drug-likeness (QED) is 0.122. The fourth-order valence-electron chi connectivity index (χ4n) is 7.89. The average molecular weight is 847 g/mol. The van der Waals surface area contributed by atoms with Crippen LogP contribution in [0, 0.1) is 0 Å². The number of thiophene rings is 2. The standard InChI is InChI=1S/2C22H17S.C2H6Si.2ClH.Zr/c2*1-2-6-15(7-3-1)22-19-9-4-8-16(19)12-17-13-18(14-20(17)22)21-10-5-11-23-21;1-3-2;;;/h2*1-3,5-7,10-14H,4,8-9H2;1-2H3;2*1H;/q2*-1;;;;+4/p-2. The van der Waals surface area contributed by atoms with Gasteiger partial charge in [0.1, 0.15) is 0 Å². The van der Waals surface area contributed by atoms with Crippen LogP contribution >= 0.6 is 39.7 Å². The topological polar surface area (TPSA) is 0 Å². The van der Waals surface area contributed by atoms with E-state index in [0.29, 0.717) is 0 Å². The summed E-state index contributed by atoms with van der Waals surface area (Å²) in [6.07, 6.45) is 7.47. The maximum Gasteiger partial charge on any atom is -0.0174 e. The molecular formula is C46H40Cl2S2SiZr. The van der Waals surface area contributed by atoms with E-state index in [1.165, 1.54) is 103 Å². The van der Waals surface area contributed by atoms with E-state index in [4.69, 9.17) is 17.0 Å². The molecule has 0 nitrogen and oxygen atoms in total. The van der Waals surface area contributed by atoms with E-state index in [1.807, 2.05) is 22.7 Å². The molecule has 258 valence electrons. The van der Waals surface area contributed by atoms with Crippen LogP contribution in [0.5, 0.6) is 0 Å². The second-order valence-corrected chi connectivity index (χ2v) is 19.9. The van der Waals surface area contributed by atoms with Crippen molar-refractivity contribution in [3.8, 4) is 43.1 Å². The predicted octanol–water partition coefficient (Wildman–Crippen LogP) is 15.0. The molecule has 10 rings (SSSR count). The summed E-state index contributed by atoms with van der Waals surface area (Å²) in [7, 11) is 11.0. The van der Waals surface area contributed by atoms with E-state index in [1.54, 1.807) is 22.3 Å². The van der Waals surface area contributed by atoms with Gasteiger partial charge in [0, 0.05) is 9.52 Å². The Balaban J connectivity index is 0.000000141. The molecule has 2 radical (unpaired) electrons. The Bertz CT molecular complexity index is 2170. The Hall–Kier alpha value is -2.82. The van der Waals surface area contributed by atoms with Crippen molar-refractivity contribution in [2.75, 3.05) is 0 Å². The van der Waals surface area contributed by atoms with E-state index in [0.717, 1.165) is 9.52 Å². The minimum absolute atomic E-state index is 0.826. The van der Waals surface area contributed by atoms with Crippen LogP contribution < -0.4 is 0 Å². The fraction of sp³-hybridized carbons (Fsp3) is 0.174. The van der Waals surface area contributed by atoms with Crippen molar-refractivity contribution >= 4 is 70.8 Å². The van der Waals surface area contributed by atoms with Crippen molar-refractivity contribution in [2.24, 2.45) is 0 Å². The third-order valence-corrected chi connectivity index (χ3v) is 11.7. The number of benzene rings is 4. The van der Waals surface area contributed by atoms with Gasteiger partial charge in [-0.1, -0.05) is 120 Å². The van der Waals surface area contributed by atoms with Crippen LogP contribution in [0.15, 0.2) is 132 Å². The normalized spacial score (nSPS) is 12.5. The van der Waals surface area contributed by atoms with Crippen LogP contribution in [0.3, 0.4) is 0 Å². The van der Waals surface area contributed by atoms with Gasteiger partial charge in [-0.2, -0.15) is 22.7 Å². The van der Waals surface area contributed by atoms with Gasteiger partial charge in [-0.05, 0) is 81.3 Å². The smallest absolute Gasteiger partial charge is 0.0174 e. The van der Waals surface area contributed by atoms with Crippen molar-refractivity contribution in [3.05, 3.63) is 154 Å².